The smallest absolute Gasteiger partial charge is 0.338 e. The second kappa shape index (κ2) is 19.2. The first-order chi connectivity index (χ1) is 28.7. The molecule has 0 bridgehead atoms. The first kappa shape index (κ1) is 40.5. The molecular weight excluding hydrogens is 764 g/mol. The van der Waals surface area contributed by atoms with Crippen LogP contribution in [-0.2, 0) is 37.9 Å². The molecule has 14 nitrogen and oxygen atoms in total. The molecule has 5 aromatic rings. The summed E-state index contributed by atoms with van der Waals surface area (Å²) < 4.78 is 47.7. The van der Waals surface area contributed by atoms with Crippen molar-refractivity contribution in [2.24, 2.45) is 0 Å². The highest BCUT2D eigenvalue weighted by molar-refractivity contribution is 5.92. The number of aliphatic hydroxyl groups excluding tert-OH is 1. The number of aliphatic hydroxyl groups is 1. The molecule has 59 heavy (non-hydrogen) atoms. The Morgan fingerprint density at radius 2 is 0.695 bits per heavy atom. The topological polar surface area (TPSA) is 179 Å². The van der Waals surface area contributed by atoms with Crippen LogP contribution in [0.2, 0.25) is 0 Å². The van der Waals surface area contributed by atoms with E-state index in [-0.39, 0.29) is 27.8 Å². The van der Waals surface area contributed by atoms with Crippen LogP contribution in [0.3, 0.4) is 0 Å². The van der Waals surface area contributed by atoms with Gasteiger partial charge in [0.05, 0.1) is 41.0 Å². The Kier molecular flexibility index (Phi) is 13.1. The van der Waals surface area contributed by atoms with Crippen LogP contribution in [0.25, 0.3) is 0 Å². The van der Waals surface area contributed by atoms with Crippen molar-refractivity contribution in [1.29, 1.82) is 0 Å². The number of rotatable bonds is 12. The molecule has 302 valence electrons. The molecule has 2 fully saturated rings. The first-order valence-corrected chi connectivity index (χ1v) is 18.6. The van der Waals surface area contributed by atoms with E-state index in [0.29, 0.717) is 0 Å². The van der Waals surface area contributed by atoms with Crippen LogP contribution in [0.15, 0.2) is 152 Å². The normalized spacial score (nSPS) is 23.8. The van der Waals surface area contributed by atoms with Crippen LogP contribution in [-0.4, -0.2) is 97.4 Å². The van der Waals surface area contributed by atoms with Crippen molar-refractivity contribution >= 4 is 29.8 Å². The van der Waals surface area contributed by atoms with Crippen LogP contribution >= 0.6 is 0 Å². The summed E-state index contributed by atoms with van der Waals surface area (Å²) in [4.78, 5) is 67.8. The SMILES string of the molecule is O=C(O[C@@H]1[C@@H](OC(=O)c2ccccc2)[C@H](O[C@H]2[C@H](OC(=O)c3ccccc3)COC(O)[C@@H]2OC(=O)c2ccccc2)OC[C@H]1OC(=O)c1ccccc1)c1ccccc1. The average molecular weight is 803 g/mol. The monoisotopic (exact) mass is 802 g/mol. The Morgan fingerprint density at radius 3 is 1.08 bits per heavy atom. The molecule has 7 rings (SSSR count). The summed E-state index contributed by atoms with van der Waals surface area (Å²) in [5.41, 5.74) is 0.718. The third-order valence-electron chi connectivity index (χ3n) is 9.37. The molecule has 1 unspecified atom stereocenters. The average Bonchev–Trinajstić information content (AvgIpc) is 3.28. The number of carbonyl (C=O) groups excluding carboxylic acids is 5. The third kappa shape index (κ3) is 10.1. The van der Waals surface area contributed by atoms with E-state index in [0.717, 1.165) is 0 Å². The van der Waals surface area contributed by atoms with Gasteiger partial charge >= 0.3 is 29.8 Å². The molecule has 0 spiro atoms. The molecule has 0 aliphatic carbocycles. The fourth-order valence-electron chi connectivity index (χ4n) is 6.39. The van der Waals surface area contributed by atoms with Gasteiger partial charge in [-0.3, -0.25) is 0 Å². The standard InChI is InChI=1S/C45H38O14/c46-39(28-16-6-1-7-17-28)54-33-26-52-44(51)37(57-42(49)31-22-12-4-13-23-31)35(33)59-45-38(58-43(50)32-24-14-5-15-25-32)36(56-41(48)30-20-10-3-11-21-30)34(27-53-45)55-40(47)29-18-8-2-9-19-29/h1-25,33-38,44-45,51H,26-27H2/t33-,34-,35+,36+,37-,38-,44?,45+/m1/s1. The molecule has 5 aromatic carbocycles. The maximum Gasteiger partial charge on any atom is 0.338 e. The van der Waals surface area contributed by atoms with Crippen molar-refractivity contribution in [1.82, 2.24) is 0 Å². The predicted octanol–water partition coefficient (Wildman–Crippen LogP) is 5.20. The lowest BCUT2D eigenvalue weighted by atomic mass is 10.0. The van der Waals surface area contributed by atoms with Gasteiger partial charge in [-0.25, -0.2) is 24.0 Å². The lowest BCUT2D eigenvalue weighted by Crippen LogP contribution is -2.63. The summed E-state index contributed by atoms with van der Waals surface area (Å²) in [5.74, 6) is -4.21. The van der Waals surface area contributed by atoms with Crippen LogP contribution in [0.4, 0.5) is 0 Å². The van der Waals surface area contributed by atoms with Crippen molar-refractivity contribution in [3.8, 4) is 0 Å². The van der Waals surface area contributed by atoms with Gasteiger partial charge in [-0.2, -0.15) is 0 Å². The number of ether oxygens (including phenoxy) is 8. The Hall–Kier alpha value is -6.71. The Bertz CT molecular complexity index is 2190. The predicted molar refractivity (Wildman–Crippen MR) is 205 cm³/mol. The molecule has 1 N–H and O–H groups in total. The lowest BCUT2D eigenvalue weighted by Gasteiger charge is -2.44. The molecule has 0 amide bonds. The maximum atomic E-state index is 13.8. The van der Waals surface area contributed by atoms with Gasteiger partial charge < -0.3 is 43.0 Å². The number of benzene rings is 5. The molecule has 8 atom stereocenters. The van der Waals surface area contributed by atoms with Crippen molar-refractivity contribution in [3.63, 3.8) is 0 Å². The zero-order valence-electron chi connectivity index (χ0n) is 31.2. The summed E-state index contributed by atoms with van der Waals surface area (Å²) in [6.07, 6.45) is -12.8. The van der Waals surface area contributed by atoms with Crippen LogP contribution < -0.4 is 0 Å². The van der Waals surface area contributed by atoms with E-state index in [1.54, 1.807) is 91.0 Å². The Morgan fingerprint density at radius 1 is 0.390 bits per heavy atom. The van der Waals surface area contributed by atoms with E-state index < -0.39 is 92.3 Å². The lowest BCUT2D eigenvalue weighted by molar-refractivity contribution is -0.326. The zero-order valence-corrected chi connectivity index (χ0v) is 31.2. The number of carbonyl (C=O) groups is 5. The van der Waals surface area contributed by atoms with E-state index in [9.17, 15) is 29.1 Å². The van der Waals surface area contributed by atoms with Gasteiger partial charge in [0.15, 0.2) is 43.1 Å². The molecule has 0 radical (unpaired) electrons. The van der Waals surface area contributed by atoms with Gasteiger partial charge in [-0.05, 0) is 60.7 Å². The molecule has 2 saturated heterocycles. The second-order valence-electron chi connectivity index (χ2n) is 13.4. The number of hydrogen-bond donors (Lipinski definition) is 1. The molecule has 0 aromatic heterocycles. The second-order valence-corrected chi connectivity index (χ2v) is 13.4. The minimum absolute atomic E-state index is 0.105. The van der Waals surface area contributed by atoms with Gasteiger partial charge in [-0.1, -0.05) is 91.0 Å². The van der Waals surface area contributed by atoms with Crippen LogP contribution in [0.5, 0.6) is 0 Å². The summed E-state index contributed by atoms with van der Waals surface area (Å²) >= 11 is 0. The van der Waals surface area contributed by atoms with Crippen molar-refractivity contribution in [2.75, 3.05) is 13.2 Å². The van der Waals surface area contributed by atoms with E-state index in [1.165, 1.54) is 60.7 Å². The summed E-state index contributed by atoms with van der Waals surface area (Å²) in [5, 5.41) is 11.2. The van der Waals surface area contributed by atoms with Crippen LogP contribution in [0.1, 0.15) is 51.8 Å². The van der Waals surface area contributed by atoms with Crippen LogP contribution in [0, 0.1) is 0 Å². The molecule has 14 heteroatoms. The molecular formula is C45H38O14. The zero-order chi connectivity index (χ0) is 41.1. The van der Waals surface area contributed by atoms with E-state index in [2.05, 4.69) is 0 Å². The first-order valence-electron chi connectivity index (χ1n) is 18.6. The maximum absolute atomic E-state index is 13.8. The highest BCUT2D eigenvalue weighted by atomic mass is 16.7. The molecule has 0 saturated carbocycles. The summed E-state index contributed by atoms with van der Waals surface area (Å²) in [6, 6.07) is 39.8. The van der Waals surface area contributed by atoms with Gasteiger partial charge in [0, 0.05) is 0 Å². The molecule has 2 aliphatic heterocycles. The Labute approximate surface area is 338 Å². The minimum Gasteiger partial charge on any atom is -0.453 e. The fraction of sp³-hybridized carbons (Fsp3) is 0.222. The summed E-state index contributed by atoms with van der Waals surface area (Å²) in [6.45, 7) is -0.904. The van der Waals surface area contributed by atoms with E-state index >= 15 is 0 Å². The minimum atomic E-state index is -1.81. The van der Waals surface area contributed by atoms with Gasteiger partial charge in [-0.15, -0.1) is 0 Å². The van der Waals surface area contributed by atoms with E-state index in [1.807, 2.05) is 0 Å². The number of hydrogen-bond acceptors (Lipinski definition) is 14. The van der Waals surface area contributed by atoms with Gasteiger partial charge in [0.2, 0.25) is 0 Å². The summed E-state index contributed by atoms with van der Waals surface area (Å²) in [7, 11) is 0. The van der Waals surface area contributed by atoms with E-state index in [4.69, 9.17) is 37.9 Å². The molecule has 2 aliphatic rings. The van der Waals surface area contributed by atoms with Crippen molar-refractivity contribution < 1.29 is 67.0 Å². The van der Waals surface area contributed by atoms with Crippen molar-refractivity contribution in [3.05, 3.63) is 179 Å². The Balaban J connectivity index is 1.26. The van der Waals surface area contributed by atoms with Gasteiger partial charge in [0.25, 0.3) is 0 Å². The highest BCUT2D eigenvalue weighted by Gasteiger charge is 2.53. The quantitative estimate of drug-likeness (QED) is 0.128. The van der Waals surface area contributed by atoms with Crippen molar-refractivity contribution in [2.45, 2.75) is 49.2 Å². The number of esters is 5. The largest absolute Gasteiger partial charge is 0.453 e. The van der Waals surface area contributed by atoms with Gasteiger partial charge in [0.1, 0.15) is 6.10 Å². The molecule has 2 heterocycles. The highest BCUT2D eigenvalue weighted by Crippen LogP contribution is 2.32. The third-order valence-corrected chi connectivity index (χ3v) is 9.37. The fourth-order valence-corrected chi connectivity index (χ4v) is 6.39.